The van der Waals surface area contributed by atoms with Crippen molar-refractivity contribution >= 4 is 0 Å². The molecule has 1 heterocycles. The molecule has 2 atom stereocenters. The zero-order valence-corrected chi connectivity index (χ0v) is 10.2. The lowest BCUT2D eigenvalue weighted by Crippen LogP contribution is -2.58. The van der Waals surface area contributed by atoms with Crippen LogP contribution in [-0.4, -0.2) is 57.0 Å². The van der Waals surface area contributed by atoms with E-state index in [0.717, 1.165) is 19.5 Å². The van der Waals surface area contributed by atoms with Gasteiger partial charge in [0, 0.05) is 27.3 Å². The minimum absolute atomic E-state index is 0.0497. The van der Waals surface area contributed by atoms with Crippen LogP contribution in [-0.2, 0) is 9.47 Å². The number of hydrogen-bond donors (Lipinski definition) is 1. The molecule has 90 valence electrons. The Kier molecular flexibility index (Phi) is 4.99. The number of nitrogens with two attached hydrogens (primary N) is 1. The molecule has 0 amide bonds. The molecular weight excluding hydrogens is 192 g/mol. The van der Waals surface area contributed by atoms with Crippen molar-refractivity contribution in [2.75, 3.05) is 40.5 Å². The second-order valence-corrected chi connectivity index (χ2v) is 4.58. The summed E-state index contributed by atoms with van der Waals surface area (Å²) in [5.74, 6) is 0. The molecule has 0 radical (unpaired) electrons. The second kappa shape index (κ2) is 5.80. The van der Waals surface area contributed by atoms with E-state index in [-0.39, 0.29) is 5.54 Å². The van der Waals surface area contributed by atoms with Gasteiger partial charge in [-0.1, -0.05) is 0 Å². The number of hydrogen-bond acceptors (Lipinski definition) is 4. The van der Waals surface area contributed by atoms with Gasteiger partial charge < -0.3 is 15.2 Å². The lowest BCUT2D eigenvalue weighted by Gasteiger charge is -2.44. The third-order valence-electron chi connectivity index (χ3n) is 3.37. The molecule has 0 aliphatic carbocycles. The predicted molar refractivity (Wildman–Crippen MR) is 60.9 cm³/mol. The fraction of sp³-hybridized carbons (Fsp3) is 1.00. The molecule has 2 N–H and O–H groups in total. The normalized spacial score (nSPS) is 27.6. The first-order valence-electron chi connectivity index (χ1n) is 5.63. The van der Waals surface area contributed by atoms with Crippen molar-refractivity contribution in [2.24, 2.45) is 5.73 Å². The van der Waals surface area contributed by atoms with Gasteiger partial charge in [-0.25, -0.2) is 0 Å². The van der Waals surface area contributed by atoms with Gasteiger partial charge in [0.15, 0.2) is 0 Å². The molecule has 1 rings (SSSR count). The van der Waals surface area contributed by atoms with Crippen molar-refractivity contribution in [1.29, 1.82) is 0 Å². The first-order valence-corrected chi connectivity index (χ1v) is 5.63. The van der Waals surface area contributed by atoms with Crippen molar-refractivity contribution in [3.05, 3.63) is 0 Å². The van der Waals surface area contributed by atoms with Gasteiger partial charge in [-0.3, -0.25) is 4.90 Å². The molecule has 0 aromatic heterocycles. The lowest BCUT2D eigenvalue weighted by molar-refractivity contribution is -0.0371. The summed E-state index contributed by atoms with van der Waals surface area (Å²) < 4.78 is 10.7. The van der Waals surface area contributed by atoms with Gasteiger partial charge >= 0.3 is 0 Å². The van der Waals surface area contributed by atoms with E-state index in [1.54, 1.807) is 14.2 Å². The van der Waals surface area contributed by atoms with Gasteiger partial charge in [0.05, 0.1) is 18.2 Å². The van der Waals surface area contributed by atoms with Crippen LogP contribution < -0.4 is 5.73 Å². The van der Waals surface area contributed by atoms with E-state index in [1.807, 2.05) is 0 Å². The molecule has 0 aromatic carbocycles. The number of nitrogens with zero attached hydrogens (tertiary/aromatic N) is 1. The van der Waals surface area contributed by atoms with Crippen LogP contribution in [0.3, 0.4) is 0 Å². The Hall–Kier alpha value is -0.160. The molecule has 1 aliphatic heterocycles. The van der Waals surface area contributed by atoms with Crippen LogP contribution in [0.5, 0.6) is 0 Å². The number of ether oxygens (including phenoxy) is 2. The van der Waals surface area contributed by atoms with Crippen molar-refractivity contribution < 1.29 is 9.47 Å². The summed E-state index contributed by atoms with van der Waals surface area (Å²) in [7, 11) is 3.51. The zero-order valence-electron chi connectivity index (χ0n) is 10.2. The Balaban J connectivity index is 2.58. The summed E-state index contributed by atoms with van der Waals surface area (Å²) in [5, 5.41) is 0. The molecule has 15 heavy (non-hydrogen) atoms. The molecule has 0 aromatic rings. The first kappa shape index (κ1) is 12.9. The highest BCUT2D eigenvalue weighted by atomic mass is 16.5. The minimum Gasteiger partial charge on any atom is -0.383 e. The summed E-state index contributed by atoms with van der Waals surface area (Å²) in [5.41, 5.74) is 5.80. The Labute approximate surface area is 92.7 Å². The average Bonchev–Trinajstić information content (AvgIpc) is 2.29. The number of rotatable bonds is 5. The molecule has 1 aliphatic rings. The monoisotopic (exact) mass is 216 g/mol. The summed E-state index contributed by atoms with van der Waals surface area (Å²) >= 11 is 0. The smallest absolute Gasteiger partial charge is 0.0698 e. The Morgan fingerprint density at radius 3 is 2.73 bits per heavy atom. The highest BCUT2D eigenvalue weighted by Crippen LogP contribution is 2.21. The summed E-state index contributed by atoms with van der Waals surface area (Å²) in [6, 6.07) is 0. The quantitative estimate of drug-likeness (QED) is 0.725. The van der Waals surface area contributed by atoms with Gasteiger partial charge in [0.2, 0.25) is 0 Å². The molecule has 4 nitrogen and oxygen atoms in total. The van der Waals surface area contributed by atoms with Crippen LogP contribution in [0.15, 0.2) is 0 Å². The van der Waals surface area contributed by atoms with Gasteiger partial charge in [-0.05, 0) is 26.3 Å². The standard InChI is InChI=1S/C11H24N2O2/c1-11(8-12,9-14-2)13-6-4-5-10(7-13)15-3/h10H,4-9,12H2,1-3H3. The number of likely N-dealkylation sites (tertiary alicyclic amines) is 1. The van der Waals surface area contributed by atoms with Gasteiger partial charge in [0.25, 0.3) is 0 Å². The lowest BCUT2D eigenvalue weighted by atomic mass is 9.96. The highest BCUT2D eigenvalue weighted by Gasteiger charge is 2.34. The molecule has 2 unspecified atom stereocenters. The van der Waals surface area contributed by atoms with E-state index < -0.39 is 0 Å². The van der Waals surface area contributed by atoms with Crippen molar-refractivity contribution in [1.82, 2.24) is 4.90 Å². The SMILES string of the molecule is COCC(C)(CN)N1CCCC(OC)C1. The van der Waals surface area contributed by atoms with E-state index in [0.29, 0.717) is 19.3 Å². The molecular formula is C11H24N2O2. The maximum Gasteiger partial charge on any atom is 0.0698 e. The highest BCUT2D eigenvalue weighted by molar-refractivity contribution is 4.90. The Morgan fingerprint density at radius 1 is 1.47 bits per heavy atom. The van der Waals surface area contributed by atoms with Crippen LogP contribution in [0.4, 0.5) is 0 Å². The molecule has 0 bridgehead atoms. The fourth-order valence-electron chi connectivity index (χ4n) is 2.21. The van der Waals surface area contributed by atoms with Gasteiger partial charge in [-0.2, -0.15) is 0 Å². The topological polar surface area (TPSA) is 47.7 Å². The number of methoxy groups -OCH3 is 2. The molecule has 1 saturated heterocycles. The summed E-state index contributed by atoms with van der Waals surface area (Å²) in [4.78, 5) is 2.40. The summed E-state index contributed by atoms with van der Waals surface area (Å²) in [6.45, 7) is 5.52. The van der Waals surface area contributed by atoms with E-state index in [2.05, 4.69) is 11.8 Å². The van der Waals surface area contributed by atoms with E-state index in [9.17, 15) is 0 Å². The van der Waals surface area contributed by atoms with E-state index in [1.165, 1.54) is 6.42 Å². The fourth-order valence-corrected chi connectivity index (χ4v) is 2.21. The third-order valence-corrected chi connectivity index (χ3v) is 3.37. The largest absolute Gasteiger partial charge is 0.383 e. The van der Waals surface area contributed by atoms with Crippen molar-refractivity contribution in [3.63, 3.8) is 0 Å². The summed E-state index contributed by atoms with van der Waals surface area (Å²) in [6.07, 6.45) is 2.68. The van der Waals surface area contributed by atoms with Crippen LogP contribution >= 0.6 is 0 Å². The third kappa shape index (κ3) is 3.14. The average molecular weight is 216 g/mol. The van der Waals surface area contributed by atoms with Crippen LogP contribution in [0.25, 0.3) is 0 Å². The van der Waals surface area contributed by atoms with Gasteiger partial charge in [0.1, 0.15) is 0 Å². The second-order valence-electron chi connectivity index (χ2n) is 4.58. The molecule has 4 heteroatoms. The Morgan fingerprint density at radius 2 is 2.20 bits per heavy atom. The minimum atomic E-state index is -0.0497. The maximum absolute atomic E-state index is 5.85. The van der Waals surface area contributed by atoms with Crippen LogP contribution in [0.1, 0.15) is 19.8 Å². The van der Waals surface area contributed by atoms with Gasteiger partial charge in [-0.15, -0.1) is 0 Å². The Bertz CT molecular complexity index is 189. The maximum atomic E-state index is 5.85. The van der Waals surface area contributed by atoms with Crippen molar-refractivity contribution in [3.8, 4) is 0 Å². The van der Waals surface area contributed by atoms with Crippen molar-refractivity contribution in [2.45, 2.75) is 31.4 Å². The first-order chi connectivity index (χ1) is 7.16. The predicted octanol–water partition coefficient (Wildman–Crippen LogP) is 0.461. The molecule has 0 spiro atoms. The van der Waals surface area contributed by atoms with Crippen LogP contribution in [0.2, 0.25) is 0 Å². The van der Waals surface area contributed by atoms with Crippen LogP contribution in [0, 0.1) is 0 Å². The van der Waals surface area contributed by atoms with E-state index >= 15 is 0 Å². The van der Waals surface area contributed by atoms with E-state index in [4.69, 9.17) is 15.2 Å². The zero-order chi connectivity index (χ0) is 11.3. The molecule has 1 fully saturated rings. The number of piperidine rings is 1. The molecule has 0 saturated carbocycles.